The summed E-state index contributed by atoms with van der Waals surface area (Å²) in [6.45, 7) is 3.97. The Balaban J connectivity index is 2.51. The molecule has 0 bridgehead atoms. The second kappa shape index (κ2) is 2.41. The topological polar surface area (TPSA) is 35.5 Å². The Morgan fingerprint density at radius 3 is 2.67 bits per heavy atom. The van der Waals surface area contributed by atoms with Crippen LogP contribution < -0.4 is 0 Å². The average Bonchev–Trinajstić information content (AvgIpc) is 1.60. The van der Waals surface area contributed by atoms with Crippen molar-refractivity contribution in [1.29, 1.82) is 0 Å². The second-order valence-electron chi connectivity index (χ2n) is 2.31. The van der Waals surface area contributed by atoms with Crippen LogP contribution >= 0.6 is 7.60 Å². The van der Waals surface area contributed by atoms with Crippen molar-refractivity contribution >= 4 is 7.60 Å². The lowest BCUT2D eigenvalue weighted by Gasteiger charge is -2.24. The largest absolute Gasteiger partial charge is 0.327 e. The van der Waals surface area contributed by atoms with Crippen LogP contribution in [-0.4, -0.2) is 19.4 Å². The van der Waals surface area contributed by atoms with Crippen LogP contribution in [0.1, 0.15) is 13.3 Å². The molecular formula is C5H11O3P. The lowest BCUT2D eigenvalue weighted by atomic mass is 10.3. The highest BCUT2D eigenvalue weighted by Gasteiger charge is 2.25. The summed E-state index contributed by atoms with van der Waals surface area (Å²) in [4.78, 5) is 0. The summed E-state index contributed by atoms with van der Waals surface area (Å²) < 4.78 is 20.9. The molecular weight excluding hydrogens is 139 g/mol. The lowest BCUT2D eigenvalue weighted by Crippen LogP contribution is -2.16. The Morgan fingerprint density at radius 1 is 1.67 bits per heavy atom. The first-order valence-electron chi connectivity index (χ1n) is 3.00. The van der Waals surface area contributed by atoms with Crippen molar-refractivity contribution in [3.63, 3.8) is 0 Å². The molecule has 1 aliphatic rings. The van der Waals surface area contributed by atoms with Crippen LogP contribution in [0.25, 0.3) is 0 Å². The SMILES string of the molecule is CC1CCO[P@@](C)(=O)O1. The summed E-state index contributed by atoms with van der Waals surface area (Å²) >= 11 is 0. The maximum Gasteiger partial charge on any atom is 0.327 e. The number of hydrogen-bond acceptors (Lipinski definition) is 3. The Labute approximate surface area is 54.9 Å². The molecule has 1 saturated heterocycles. The predicted molar refractivity (Wildman–Crippen MR) is 34.6 cm³/mol. The van der Waals surface area contributed by atoms with Gasteiger partial charge >= 0.3 is 7.60 Å². The van der Waals surface area contributed by atoms with Crippen molar-refractivity contribution in [1.82, 2.24) is 0 Å². The molecule has 1 aliphatic heterocycles. The van der Waals surface area contributed by atoms with E-state index in [9.17, 15) is 4.57 Å². The van der Waals surface area contributed by atoms with E-state index in [1.807, 2.05) is 6.92 Å². The van der Waals surface area contributed by atoms with Crippen LogP contribution in [-0.2, 0) is 13.6 Å². The van der Waals surface area contributed by atoms with E-state index in [0.29, 0.717) is 6.61 Å². The Hall–Kier alpha value is 0.150. The standard InChI is InChI=1S/C5H11O3P/c1-5-3-4-7-9(2,6)8-5/h5H,3-4H2,1-2H3/t5?,9-/m1/s1. The van der Waals surface area contributed by atoms with Gasteiger partial charge in [-0.3, -0.25) is 4.57 Å². The van der Waals surface area contributed by atoms with Crippen LogP contribution in [0.5, 0.6) is 0 Å². The van der Waals surface area contributed by atoms with Crippen molar-refractivity contribution < 1.29 is 13.6 Å². The first-order valence-corrected chi connectivity index (χ1v) is 4.99. The zero-order valence-corrected chi connectivity index (χ0v) is 6.56. The van der Waals surface area contributed by atoms with E-state index in [1.165, 1.54) is 6.66 Å². The summed E-state index contributed by atoms with van der Waals surface area (Å²) in [5.74, 6) is 0. The molecule has 1 unspecified atom stereocenters. The van der Waals surface area contributed by atoms with Crippen molar-refractivity contribution in [3.05, 3.63) is 0 Å². The molecule has 0 amide bonds. The van der Waals surface area contributed by atoms with Crippen LogP contribution in [0.3, 0.4) is 0 Å². The minimum Gasteiger partial charge on any atom is -0.309 e. The van der Waals surface area contributed by atoms with Gasteiger partial charge in [0.15, 0.2) is 0 Å². The van der Waals surface area contributed by atoms with Crippen molar-refractivity contribution in [2.45, 2.75) is 19.4 Å². The summed E-state index contributed by atoms with van der Waals surface area (Å²) in [6.07, 6.45) is 0.937. The van der Waals surface area contributed by atoms with Crippen LogP contribution in [0, 0.1) is 0 Å². The zero-order valence-electron chi connectivity index (χ0n) is 5.66. The lowest BCUT2D eigenvalue weighted by molar-refractivity contribution is 0.0957. The van der Waals surface area contributed by atoms with Gasteiger partial charge in [0, 0.05) is 6.66 Å². The molecule has 0 aromatic carbocycles. The van der Waals surface area contributed by atoms with E-state index in [1.54, 1.807) is 0 Å². The van der Waals surface area contributed by atoms with E-state index >= 15 is 0 Å². The van der Waals surface area contributed by atoms with Crippen molar-refractivity contribution in [2.75, 3.05) is 13.3 Å². The number of rotatable bonds is 0. The van der Waals surface area contributed by atoms with Gasteiger partial charge < -0.3 is 9.05 Å². The van der Waals surface area contributed by atoms with E-state index < -0.39 is 7.60 Å². The summed E-state index contributed by atoms with van der Waals surface area (Å²) in [5, 5.41) is 0. The normalized spacial score (nSPS) is 44.9. The third-order valence-electron chi connectivity index (χ3n) is 1.22. The molecule has 4 heteroatoms. The fourth-order valence-corrected chi connectivity index (χ4v) is 2.05. The minimum absolute atomic E-state index is 0.0922. The predicted octanol–water partition coefficient (Wildman–Crippen LogP) is 1.63. The highest BCUT2D eigenvalue weighted by Crippen LogP contribution is 2.48. The molecule has 9 heavy (non-hydrogen) atoms. The molecule has 3 nitrogen and oxygen atoms in total. The first kappa shape index (κ1) is 7.26. The molecule has 0 radical (unpaired) electrons. The summed E-state index contributed by atoms with van der Waals surface area (Å²) in [6, 6.07) is 0. The van der Waals surface area contributed by atoms with Gasteiger partial charge in [0.05, 0.1) is 12.7 Å². The molecule has 0 spiro atoms. The number of hydrogen-bond donors (Lipinski definition) is 0. The van der Waals surface area contributed by atoms with Gasteiger partial charge in [0.2, 0.25) is 0 Å². The Morgan fingerprint density at radius 2 is 2.33 bits per heavy atom. The monoisotopic (exact) mass is 150 g/mol. The molecule has 0 saturated carbocycles. The second-order valence-corrected chi connectivity index (χ2v) is 4.32. The maximum absolute atomic E-state index is 11.0. The summed E-state index contributed by atoms with van der Waals surface area (Å²) in [7, 11) is -2.64. The van der Waals surface area contributed by atoms with Crippen molar-refractivity contribution in [2.24, 2.45) is 0 Å². The fourth-order valence-electron chi connectivity index (χ4n) is 0.794. The fraction of sp³-hybridized carbons (Fsp3) is 1.00. The molecule has 0 aromatic rings. The smallest absolute Gasteiger partial charge is 0.309 e. The van der Waals surface area contributed by atoms with Crippen LogP contribution in [0.4, 0.5) is 0 Å². The van der Waals surface area contributed by atoms with Crippen molar-refractivity contribution in [3.8, 4) is 0 Å². The Kier molecular flexibility index (Phi) is 1.94. The van der Waals surface area contributed by atoms with Gasteiger partial charge in [0.1, 0.15) is 0 Å². The van der Waals surface area contributed by atoms with Crippen LogP contribution in [0.2, 0.25) is 0 Å². The van der Waals surface area contributed by atoms with Gasteiger partial charge in [-0.25, -0.2) is 0 Å². The van der Waals surface area contributed by atoms with E-state index in [0.717, 1.165) is 6.42 Å². The molecule has 2 atom stereocenters. The van der Waals surface area contributed by atoms with Crippen LogP contribution in [0.15, 0.2) is 0 Å². The van der Waals surface area contributed by atoms with Gasteiger partial charge in [-0.05, 0) is 13.3 Å². The third-order valence-corrected chi connectivity index (χ3v) is 2.62. The first-order chi connectivity index (χ1) is 4.10. The van der Waals surface area contributed by atoms with Gasteiger partial charge in [-0.2, -0.15) is 0 Å². The molecule has 1 rings (SSSR count). The molecule has 1 heterocycles. The van der Waals surface area contributed by atoms with E-state index in [4.69, 9.17) is 9.05 Å². The average molecular weight is 150 g/mol. The highest BCUT2D eigenvalue weighted by molar-refractivity contribution is 7.53. The highest BCUT2D eigenvalue weighted by atomic mass is 31.2. The summed E-state index contributed by atoms with van der Waals surface area (Å²) in [5.41, 5.74) is 0. The molecule has 0 aliphatic carbocycles. The van der Waals surface area contributed by atoms with Gasteiger partial charge in [-0.1, -0.05) is 0 Å². The molecule has 54 valence electrons. The molecule has 1 fully saturated rings. The molecule has 0 aromatic heterocycles. The van der Waals surface area contributed by atoms with E-state index in [2.05, 4.69) is 0 Å². The van der Waals surface area contributed by atoms with Gasteiger partial charge in [-0.15, -0.1) is 0 Å². The van der Waals surface area contributed by atoms with Gasteiger partial charge in [0.25, 0.3) is 0 Å². The minimum atomic E-state index is -2.64. The molecule has 0 N–H and O–H groups in total. The Bertz CT molecular complexity index is 145. The zero-order chi connectivity index (χ0) is 6.91. The quantitative estimate of drug-likeness (QED) is 0.492. The third kappa shape index (κ3) is 2.09. The van der Waals surface area contributed by atoms with E-state index in [-0.39, 0.29) is 6.10 Å². The maximum atomic E-state index is 11.0.